The molecule has 4 rings (SSSR count). The van der Waals surface area contributed by atoms with Crippen molar-refractivity contribution in [3.63, 3.8) is 0 Å². The summed E-state index contributed by atoms with van der Waals surface area (Å²) in [4.78, 5) is 4.58. The van der Waals surface area contributed by atoms with Gasteiger partial charge in [-0.15, -0.1) is 0 Å². The van der Waals surface area contributed by atoms with Crippen LogP contribution in [0.4, 0.5) is 16.0 Å². The number of aromatic nitrogens is 3. The lowest BCUT2D eigenvalue weighted by molar-refractivity contribution is 0.358. The monoisotopic (exact) mass is 394 g/mol. The molecule has 0 radical (unpaired) electrons. The van der Waals surface area contributed by atoms with Gasteiger partial charge in [0.25, 0.3) is 0 Å². The summed E-state index contributed by atoms with van der Waals surface area (Å²) in [5.41, 5.74) is 0.912. The Balaban J connectivity index is 1.85. The van der Waals surface area contributed by atoms with E-state index in [9.17, 15) is 4.39 Å². The first-order valence-corrected chi connectivity index (χ1v) is 8.85. The topological polar surface area (TPSA) is 81.3 Å². The van der Waals surface area contributed by atoms with E-state index in [4.69, 9.17) is 14.2 Å². The van der Waals surface area contributed by atoms with Gasteiger partial charge >= 0.3 is 0 Å². The first kappa shape index (κ1) is 18.5. The number of aryl methyl sites for hydroxylation is 1. The van der Waals surface area contributed by atoms with Crippen LogP contribution in [0.25, 0.3) is 10.8 Å². The number of halogens is 1. The Labute approximate surface area is 166 Å². The molecule has 148 valence electrons. The Morgan fingerprint density at radius 1 is 0.931 bits per heavy atom. The molecule has 2 aromatic carbocycles. The van der Waals surface area contributed by atoms with Crippen molar-refractivity contribution >= 4 is 22.4 Å². The Morgan fingerprint density at radius 3 is 2.38 bits per heavy atom. The van der Waals surface area contributed by atoms with Crippen molar-refractivity contribution in [3.05, 3.63) is 60.0 Å². The molecule has 7 nitrogen and oxygen atoms in total. The van der Waals surface area contributed by atoms with Crippen LogP contribution in [0.2, 0.25) is 0 Å². The average molecular weight is 394 g/mol. The summed E-state index contributed by atoms with van der Waals surface area (Å²) >= 11 is 0. The summed E-state index contributed by atoms with van der Waals surface area (Å²) in [6.07, 6.45) is 0. The molecule has 0 aliphatic heterocycles. The summed E-state index contributed by atoms with van der Waals surface area (Å²) in [7, 11) is 3.15. The van der Waals surface area contributed by atoms with Crippen molar-refractivity contribution in [1.29, 1.82) is 0 Å². The van der Waals surface area contributed by atoms with Crippen LogP contribution in [-0.4, -0.2) is 29.4 Å². The van der Waals surface area contributed by atoms with Crippen LogP contribution < -0.4 is 19.5 Å². The number of methoxy groups -OCH3 is 2. The van der Waals surface area contributed by atoms with E-state index >= 15 is 0 Å². The van der Waals surface area contributed by atoms with Gasteiger partial charge in [-0.3, -0.25) is 5.10 Å². The molecular weight excluding hydrogens is 375 g/mol. The molecule has 0 amide bonds. The quantitative estimate of drug-likeness (QED) is 0.481. The van der Waals surface area contributed by atoms with Crippen LogP contribution in [0.1, 0.15) is 5.69 Å². The normalized spacial score (nSPS) is 10.8. The second kappa shape index (κ2) is 7.67. The lowest BCUT2D eigenvalue weighted by Gasteiger charge is -2.15. The van der Waals surface area contributed by atoms with Gasteiger partial charge < -0.3 is 19.5 Å². The largest absolute Gasteiger partial charge is 0.493 e. The van der Waals surface area contributed by atoms with E-state index in [2.05, 4.69) is 20.5 Å². The number of ether oxygens (including phenoxy) is 3. The van der Waals surface area contributed by atoms with Crippen LogP contribution in [0.15, 0.2) is 48.5 Å². The molecular formula is C21H19FN4O3. The summed E-state index contributed by atoms with van der Waals surface area (Å²) in [6, 6.07) is 13.1. The van der Waals surface area contributed by atoms with Gasteiger partial charge in [-0.25, -0.2) is 4.39 Å². The summed E-state index contributed by atoms with van der Waals surface area (Å²) < 4.78 is 30.2. The zero-order valence-electron chi connectivity index (χ0n) is 16.1. The molecule has 0 bridgehead atoms. The van der Waals surface area contributed by atoms with Crippen LogP contribution in [0.5, 0.6) is 23.1 Å². The molecule has 29 heavy (non-hydrogen) atoms. The molecule has 0 aliphatic rings. The summed E-state index contributed by atoms with van der Waals surface area (Å²) in [6.45, 7) is 1.91. The Bertz CT molecular complexity index is 1160. The number of rotatable bonds is 6. The van der Waals surface area contributed by atoms with Crippen molar-refractivity contribution in [3.8, 4) is 23.1 Å². The minimum atomic E-state index is -0.342. The van der Waals surface area contributed by atoms with Gasteiger partial charge in [0.1, 0.15) is 17.4 Å². The van der Waals surface area contributed by atoms with Gasteiger partial charge in [-0.2, -0.15) is 10.1 Å². The second-order valence-corrected chi connectivity index (χ2v) is 6.33. The number of nitrogens with zero attached hydrogens (tertiary/aromatic N) is 2. The molecule has 0 aliphatic carbocycles. The van der Waals surface area contributed by atoms with Crippen molar-refractivity contribution < 1.29 is 18.6 Å². The highest BCUT2D eigenvalue weighted by Crippen LogP contribution is 2.41. The number of nitrogens with one attached hydrogen (secondary N) is 2. The van der Waals surface area contributed by atoms with Crippen molar-refractivity contribution in [2.45, 2.75) is 6.92 Å². The van der Waals surface area contributed by atoms with Gasteiger partial charge in [-0.1, -0.05) is 0 Å². The van der Waals surface area contributed by atoms with Crippen molar-refractivity contribution in [2.24, 2.45) is 0 Å². The maximum absolute atomic E-state index is 13.2. The number of aromatic amines is 1. The molecule has 0 saturated carbocycles. The van der Waals surface area contributed by atoms with Crippen molar-refractivity contribution in [2.75, 3.05) is 19.5 Å². The second-order valence-electron chi connectivity index (χ2n) is 6.33. The molecule has 4 aromatic rings. The zero-order chi connectivity index (χ0) is 20.4. The number of fused-ring (bicyclic) bond motifs is 1. The highest BCUT2D eigenvalue weighted by molar-refractivity contribution is 5.96. The summed E-state index contributed by atoms with van der Waals surface area (Å²) in [5.74, 6) is 2.72. The lowest BCUT2D eigenvalue weighted by Crippen LogP contribution is -1.99. The highest BCUT2D eigenvalue weighted by Gasteiger charge is 2.16. The number of H-pyrrole nitrogens is 1. The fourth-order valence-corrected chi connectivity index (χ4v) is 2.99. The smallest absolute Gasteiger partial charge is 0.229 e. The van der Waals surface area contributed by atoms with Gasteiger partial charge in [0, 0.05) is 22.5 Å². The lowest BCUT2D eigenvalue weighted by atomic mass is 10.1. The highest BCUT2D eigenvalue weighted by atomic mass is 19.1. The van der Waals surface area contributed by atoms with Gasteiger partial charge in [0.2, 0.25) is 5.88 Å². The number of pyridine rings is 1. The van der Waals surface area contributed by atoms with Gasteiger partial charge in [0.05, 0.1) is 14.2 Å². The molecule has 0 saturated heterocycles. The van der Waals surface area contributed by atoms with E-state index in [-0.39, 0.29) is 5.82 Å². The third-order valence-electron chi connectivity index (χ3n) is 4.31. The zero-order valence-corrected chi connectivity index (χ0v) is 16.1. The number of benzene rings is 2. The maximum atomic E-state index is 13.2. The van der Waals surface area contributed by atoms with Gasteiger partial charge in [0.15, 0.2) is 17.3 Å². The minimum Gasteiger partial charge on any atom is -0.493 e. The Kier molecular flexibility index (Phi) is 4.90. The third kappa shape index (κ3) is 3.77. The Morgan fingerprint density at radius 2 is 1.72 bits per heavy atom. The fraction of sp³-hybridized carbons (Fsp3) is 0.143. The number of hydrogen-bond donors (Lipinski definition) is 2. The predicted octanol–water partition coefficient (Wildman–Crippen LogP) is 4.96. The molecule has 2 aromatic heterocycles. The van der Waals surface area contributed by atoms with Gasteiger partial charge in [-0.05, 0) is 49.4 Å². The van der Waals surface area contributed by atoms with E-state index in [0.29, 0.717) is 34.8 Å². The number of anilines is 2. The van der Waals surface area contributed by atoms with E-state index in [1.165, 1.54) is 12.1 Å². The van der Waals surface area contributed by atoms with Crippen LogP contribution in [0.3, 0.4) is 0 Å². The van der Waals surface area contributed by atoms with Crippen LogP contribution in [-0.2, 0) is 0 Å². The van der Waals surface area contributed by atoms with Crippen molar-refractivity contribution in [1.82, 2.24) is 15.2 Å². The molecule has 8 heteroatoms. The minimum absolute atomic E-state index is 0.338. The maximum Gasteiger partial charge on any atom is 0.229 e. The van der Waals surface area contributed by atoms with E-state index in [1.807, 2.05) is 25.1 Å². The standard InChI is InChI=1S/C21H19FN4O3/c1-12-10-19(26-25-12)23-18-11-16-15(8-9-17(27-2)20(16)28-3)21(24-18)29-14-6-4-13(22)5-7-14/h4-11H,1-3H3,(H2,23,24,25,26). The Hall–Kier alpha value is -3.81. The van der Waals surface area contributed by atoms with Crippen LogP contribution >= 0.6 is 0 Å². The molecule has 2 heterocycles. The molecule has 0 fully saturated rings. The van der Waals surface area contributed by atoms with E-state index < -0.39 is 0 Å². The molecule has 2 N–H and O–H groups in total. The average Bonchev–Trinajstić information content (AvgIpc) is 3.13. The van der Waals surface area contributed by atoms with Crippen LogP contribution in [0, 0.1) is 12.7 Å². The third-order valence-corrected chi connectivity index (χ3v) is 4.31. The first-order chi connectivity index (χ1) is 14.1. The first-order valence-electron chi connectivity index (χ1n) is 8.85. The predicted molar refractivity (Wildman–Crippen MR) is 108 cm³/mol. The SMILES string of the molecule is COc1ccc2c(Oc3ccc(F)cc3)nc(Nc3cc(C)[nH]n3)cc2c1OC. The summed E-state index contributed by atoms with van der Waals surface area (Å²) in [5, 5.41) is 11.7. The van der Waals surface area contributed by atoms with E-state index in [1.54, 1.807) is 32.4 Å². The molecule has 0 atom stereocenters. The fourth-order valence-electron chi connectivity index (χ4n) is 2.99. The molecule has 0 spiro atoms. The molecule has 0 unspecified atom stereocenters. The van der Waals surface area contributed by atoms with E-state index in [0.717, 1.165) is 16.5 Å². The number of hydrogen-bond acceptors (Lipinski definition) is 6.